The summed E-state index contributed by atoms with van der Waals surface area (Å²) in [5.74, 6) is -0.928. The third-order valence-electron chi connectivity index (χ3n) is 4.52. The van der Waals surface area contributed by atoms with E-state index in [1.165, 1.54) is 7.11 Å². The number of rotatable bonds is 2. The van der Waals surface area contributed by atoms with Crippen LogP contribution in [-0.4, -0.2) is 53.6 Å². The number of nitrogens with zero attached hydrogens (tertiary/aromatic N) is 3. The van der Waals surface area contributed by atoms with Crippen molar-refractivity contribution in [1.82, 2.24) is 14.5 Å². The zero-order valence-corrected chi connectivity index (χ0v) is 14.2. The van der Waals surface area contributed by atoms with E-state index in [2.05, 4.69) is 23.0 Å². The Kier molecular flexibility index (Phi) is 3.50. The van der Waals surface area contributed by atoms with Crippen molar-refractivity contribution in [3.05, 3.63) is 18.0 Å². The number of hydrogen-bond acceptors (Lipinski definition) is 7. The molecule has 2 aliphatic heterocycles. The fourth-order valence-corrected chi connectivity index (χ4v) is 3.15. The Morgan fingerprint density at radius 3 is 2.64 bits per heavy atom. The molecule has 0 unspecified atom stereocenters. The molecule has 0 radical (unpaired) electrons. The fourth-order valence-electron chi connectivity index (χ4n) is 3.15. The lowest BCUT2D eigenvalue weighted by molar-refractivity contribution is -0.155. The van der Waals surface area contributed by atoms with Crippen molar-refractivity contribution in [3.63, 3.8) is 0 Å². The summed E-state index contributed by atoms with van der Waals surface area (Å²) in [6.45, 7) is 1.80. The molecule has 8 heteroatoms. The Morgan fingerprint density at radius 2 is 1.96 bits per heavy atom. The van der Waals surface area contributed by atoms with E-state index in [4.69, 9.17) is 14.2 Å². The highest BCUT2D eigenvalue weighted by atomic mass is 16.6. The molecule has 0 fully saturated rings. The van der Waals surface area contributed by atoms with Crippen molar-refractivity contribution in [3.8, 4) is 17.2 Å². The number of carbonyl (C=O) groups excluding carboxylic acids is 2. The number of likely N-dealkylation sites (N-methyl/N-ethyl adjacent to an activating group) is 1. The summed E-state index contributed by atoms with van der Waals surface area (Å²) >= 11 is 0. The van der Waals surface area contributed by atoms with Crippen molar-refractivity contribution in [1.29, 1.82) is 0 Å². The summed E-state index contributed by atoms with van der Waals surface area (Å²) in [4.78, 5) is 30.3. The normalized spacial score (nSPS) is 17.8. The number of imidazole rings is 1. The van der Waals surface area contributed by atoms with E-state index in [-0.39, 0.29) is 17.2 Å². The molecule has 130 valence electrons. The van der Waals surface area contributed by atoms with Crippen LogP contribution >= 0.6 is 0 Å². The molecule has 4 rings (SSSR count). The van der Waals surface area contributed by atoms with Gasteiger partial charge in [0.1, 0.15) is 11.3 Å². The summed E-state index contributed by atoms with van der Waals surface area (Å²) in [5, 5.41) is 0. The van der Waals surface area contributed by atoms with Gasteiger partial charge in [0.15, 0.2) is 5.75 Å². The van der Waals surface area contributed by atoms with Gasteiger partial charge >= 0.3 is 11.9 Å². The Morgan fingerprint density at radius 1 is 1.20 bits per heavy atom. The number of ether oxygens (including phenoxy) is 3. The van der Waals surface area contributed by atoms with E-state index in [9.17, 15) is 9.59 Å². The van der Waals surface area contributed by atoms with Crippen molar-refractivity contribution in [2.75, 3.05) is 27.2 Å². The molecule has 0 saturated heterocycles. The van der Waals surface area contributed by atoms with Gasteiger partial charge in [-0.1, -0.05) is 6.08 Å². The summed E-state index contributed by atoms with van der Waals surface area (Å²) in [5.41, 5.74) is 2.29. The fraction of sp³-hybridized carbons (Fsp3) is 0.353. The number of methoxy groups -OCH3 is 1. The molecule has 3 heterocycles. The first-order chi connectivity index (χ1) is 12.0. The third-order valence-corrected chi connectivity index (χ3v) is 4.52. The van der Waals surface area contributed by atoms with E-state index in [1.54, 1.807) is 6.07 Å². The van der Waals surface area contributed by atoms with Crippen LogP contribution in [0, 0.1) is 0 Å². The maximum Gasteiger partial charge on any atom is 0.423 e. The Bertz CT molecular complexity index is 944. The number of benzene rings is 1. The molecule has 0 saturated carbocycles. The molecule has 0 aliphatic carbocycles. The van der Waals surface area contributed by atoms with Crippen LogP contribution in [0.4, 0.5) is 0 Å². The van der Waals surface area contributed by atoms with Crippen LogP contribution in [0.5, 0.6) is 17.2 Å². The van der Waals surface area contributed by atoms with Crippen molar-refractivity contribution in [2.24, 2.45) is 7.05 Å². The monoisotopic (exact) mass is 343 g/mol. The maximum atomic E-state index is 11.8. The van der Waals surface area contributed by atoms with Crippen molar-refractivity contribution in [2.45, 2.75) is 6.42 Å². The number of carbonyl (C=O) groups is 2. The lowest BCUT2D eigenvalue weighted by Crippen LogP contribution is -2.24. The number of aromatic nitrogens is 2. The number of esters is 2. The van der Waals surface area contributed by atoms with Gasteiger partial charge in [-0.05, 0) is 19.0 Å². The summed E-state index contributed by atoms with van der Waals surface area (Å²) < 4.78 is 17.5. The molecule has 0 spiro atoms. The SMILES string of the molecule is COc1c2cc3c(nc(C4=CCN(C)CC4)n3C)c1OC(=O)C(=O)O2. The minimum Gasteiger partial charge on any atom is -0.490 e. The molecule has 2 aromatic rings. The lowest BCUT2D eigenvalue weighted by Gasteiger charge is -2.21. The topological polar surface area (TPSA) is 82.9 Å². The molecule has 0 atom stereocenters. The number of fused-ring (bicyclic) bond motifs is 4. The predicted molar refractivity (Wildman–Crippen MR) is 88.6 cm³/mol. The van der Waals surface area contributed by atoms with Crippen molar-refractivity contribution >= 4 is 28.5 Å². The van der Waals surface area contributed by atoms with Crippen LogP contribution in [0.15, 0.2) is 12.1 Å². The van der Waals surface area contributed by atoms with Gasteiger partial charge in [0.25, 0.3) is 0 Å². The number of hydrogen-bond donors (Lipinski definition) is 0. The zero-order chi connectivity index (χ0) is 17.7. The average Bonchev–Trinajstić information content (AvgIpc) is 2.88. The summed E-state index contributed by atoms with van der Waals surface area (Å²) in [7, 11) is 5.37. The highest BCUT2D eigenvalue weighted by Gasteiger charge is 2.33. The smallest absolute Gasteiger partial charge is 0.423 e. The molecule has 1 aromatic heterocycles. The van der Waals surface area contributed by atoms with E-state index >= 15 is 0 Å². The minimum atomic E-state index is -1.09. The Balaban J connectivity index is 1.94. The highest BCUT2D eigenvalue weighted by Crippen LogP contribution is 2.45. The van der Waals surface area contributed by atoms with E-state index in [0.717, 1.165) is 30.9 Å². The quantitative estimate of drug-likeness (QED) is 0.459. The average molecular weight is 343 g/mol. The first kappa shape index (κ1) is 15.6. The number of aryl methyl sites for hydroxylation is 1. The molecule has 0 amide bonds. The van der Waals surface area contributed by atoms with E-state index in [1.807, 2.05) is 11.6 Å². The van der Waals surface area contributed by atoms with Crippen molar-refractivity contribution < 1.29 is 23.8 Å². The second kappa shape index (κ2) is 5.59. The van der Waals surface area contributed by atoms with Crippen LogP contribution in [0.2, 0.25) is 0 Å². The predicted octanol–water partition coefficient (Wildman–Crippen LogP) is 1.13. The first-order valence-electron chi connectivity index (χ1n) is 7.89. The molecule has 0 N–H and O–H groups in total. The lowest BCUT2D eigenvalue weighted by atomic mass is 10.1. The molecule has 2 bridgehead atoms. The van der Waals surface area contributed by atoms with Crippen LogP contribution in [0.3, 0.4) is 0 Å². The molecule has 25 heavy (non-hydrogen) atoms. The van der Waals surface area contributed by atoms with Gasteiger partial charge in [0.05, 0.1) is 12.6 Å². The second-order valence-corrected chi connectivity index (χ2v) is 6.12. The molecular weight excluding hydrogens is 326 g/mol. The Labute approximate surface area is 143 Å². The molecule has 1 aromatic carbocycles. The molecule has 8 nitrogen and oxygen atoms in total. The Hall–Kier alpha value is -2.87. The standard InChI is InChI=1S/C17H17N3O5/c1-19-6-4-9(5-7-19)15-18-12-10(20(15)2)8-11-13(23-3)14(12)25-17(22)16(21)24-11/h4,8H,5-7H2,1-3H3. The van der Waals surface area contributed by atoms with E-state index in [0.29, 0.717) is 11.0 Å². The second-order valence-electron chi connectivity index (χ2n) is 6.12. The largest absolute Gasteiger partial charge is 0.490 e. The zero-order valence-electron chi connectivity index (χ0n) is 14.2. The van der Waals surface area contributed by atoms with Gasteiger partial charge in [-0.15, -0.1) is 0 Å². The van der Waals surface area contributed by atoms with Crippen LogP contribution in [0.1, 0.15) is 12.2 Å². The van der Waals surface area contributed by atoms with Gasteiger partial charge in [-0.3, -0.25) is 0 Å². The summed E-state index contributed by atoms with van der Waals surface area (Å²) in [6.07, 6.45) is 3.02. The molecular formula is C17H17N3O5. The minimum absolute atomic E-state index is 0.112. The van der Waals surface area contributed by atoms with Crippen LogP contribution in [-0.2, 0) is 16.6 Å². The van der Waals surface area contributed by atoms with E-state index < -0.39 is 11.9 Å². The van der Waals surface area contributed by atoms with Gasteiger partial charge in [0, 0.05) is 26.2 Å². The van der Waals surface area contributed by atoms with Gasteiger partial charge in [0.2, 0.25) is 11.5 Å². The molecule has 2 aliphatic rings. The first-order valence-corrected chi connectivity index (χ1v) is 7.89. The highest BCUT2D eigenvalue weighted by molar-refractivity contribution is 6.32. The van der Waals surface area contributed by atoms with Crippen LogP contribution in [0.25, 0.3) is 16.6 Å². The van der Waals surface area contributed by atoms with Gasteiger partial charge in [-0.2, -0.15) is 0 Å². The van der Waals surface area contributed by atoms with Gasteiger partial charge in [-0.25, -0.2) is 14.6 Å². The maximum absolute atomic E-state index is 11.8. The van der Waals surface area contributed by atoms with Crippen LogP contribution < -0.4 is 14.2 Å². The van der Waals surface area contributed by atoms with Gasteiger partial charge < -0.3 is 23.7 Å². The third kappa shape index (κ3) is 2.37. The summed E-state index contributed by atoms with van der Waals surface area (Å²) in [6, 6.07) is 1.64.